The molecule has 1 unspecified atom stereocenters. The minimum Gasteiger partial charge on any atom is -0.492 e. The molecular formula is C22H23NO5. The number of nitrogens with one attached hydrogen (secondary N) is 1. The Morgan fingerprint density at radius 3 is 2.68 bits per heavy atom. The van der Waals surface area contributed by atoms with E-state index in [1.54, 1.807) is 31.2 Å². The number of carbonyl (C=O) groups is 1. The summed E-state index contributed by atoms with van der Waals surface area (Å²) in [7, 11) is 0. The van der Waals surface area contributed by atoms with E-state index in [-0.39, 0.29) is 5.91 Å². The molecule has 0 aliphatic carbocycles. The third-order valence-electron chi connectivity index (χ3n) is 4.31. The fourth-order valence-electron chi connectivity index (χ4n) is 2.92. The van der Waals surface area contributed by atoms with Gasteiger partial charge in [-0.3, -0.25) is 4.79 Å². The van der Waals surface area contributed by atoms with Crippen LogP contribution in [0.1, 0.15) is 26.3 Å². The molecule has 1 aromatic heterocycles. The second-order valence-corrected chi connectivity index (χ2v) is 6.28. The van der Waals surface area contributed by atoms with Crippen LogP contribution < -0.4 is 20.4 Å². The van der Waals surface area contributed by atoms with Crippen LogP contribution in [0.25, 0.3) is 11.0 Å². The molecule has 1 atom stereocenters. The molecular weight excluding hydrogens is 358 g/mol. The summed E-state index contributed by atoms with van der Waals surface area (Å²) < 4.78 is 16.5. The van der Waals surface area contributed by atoms with E-state index in [9.17, 15) is 9.59 Å². The van der Waals surface area contributed by atoms with Crippen LogP contribution in [-0.2, 0) is 11.2 Å². The average Bonchev–Trinajstić information content (AvgIpc) is 2.68. The quantitative estimate of drug-likeness (QED) is 0.622. The number of para-hydroxylation sites is 2. The lowest BCUT2D eigenvalue weighted by atomic mass is 10.1. The van der Waals surface area contributed by atoms with Gasteiger partial charge in [-0.1, -0.05) is 19.1 Å². The number of fused-ring (bicyclic) bond motifs is 1. The smallest absolute Gasteiger partial charge is 0.336 e. The molecule has 0 fully saturated rings. The van der Waals surface area contributed by atoms with Crippen molar-refractivity contribution in [2.45, 2.75) is 33.3 Å². The molecule has 1 amide bonds. The number of hydrogen-bond donors (Lipinski definition) is 1. The Hall–Kier alpha value is -3.28. The molecule has 146 valence electrons. The van der Waals surface area contributed by atoms with Gasteiger partial charge in [0.1, 0.15) is 17.1 Å². The largest absolute Gasteiger partial charge is 0.492 e. The molecule has 0 aliphatic heterocycles. The van der Waals surface area contributed by atoms with Gasteiger partial charge in [0.05, 0.1) is 12.3 Å². The third-order valence-corrected chi connectivity index (χ3v) is 4.31. The topological polar surface area (TPSA) is 77.8 Å². The highest BCUT2D eigenvalue weighted by molar-refractivity contribution is 5.95. The second kappa shape index (κ2) is 8.61. The van der Waals surface area contributed by atoms with Crippen LogP contribution >= 0.6 is 0 Å². The number of rotatable bonds is 7. The first kappa shape index (κ1) is 19.5. The van der Waals surface area contributed by atoms with Crippen LogP contribution in [0.2, 0.25) is 0 Å². The standard InChI is InChI=1S/C22H23NO5/c1-4-15-12-21(24)28-20-13-16(10-11-17(15)20)27-14(3)22(25)23-18-8-6-7-9-19(18)26-5-2/h6-14H,4-5H2,1-3H3,(H,23,25). The van der Waals surface area contributed by atoms with Gasteiger partial charge < -0.3 is 19.2 Å². The van der Waals surface area contributed by atoms with Gasteiger partial charge in [-0.2, -0.15) is 0 Å². The first-order valence-electron chi connectivity index (χ1n) is 9.28. The van der Waals surface area contributed by atoms with Crippen LogP contribution in [0.3, 0.4) is 0 Å². The summed E-state index contributed by atoms with van der Waals surface area (Å²) in [6.07, 6.45) is -0.0337. The molecule has 6 heteroatoms. The first-order chi connectivity index (χ1) is 13.5. The fraction of sp³-hybridized carbons (Fsp3) is 0.273. The number of anilines is 1. The van der Waals surface area contributed by atoms with Gasteiger partial charge >= 0.3 is 5.63 Å². The molecule has 3 aromatic rings. The molecule has 0 aliphatic rings. The van der Waals surface area contributed by atoms with Gasteiger partial charge in [0.2, 0.25) is 0 Å². The summed E-state index contributed by atoms with van der Waals surface area (Å²) in [4.78, 5) is 24.2. The maximum Gasteiger partial charge on any atom is 0.336 e. The Morgan fingerprint density at radius 2 is 1.93 bits per heavy atom. The van der Waals surface area contributed by atoms with E-state index in [2.05, 4.69) is 5.32 Å². The van der Waals surface area contributed by atoms with Crippen molar-refractivity contribution in [3.63, 3.8) is 0 Å². The summed E-state index contributed by atoms with van der Waals surface area (Å²) in [6, 6.07) is 14.0. The maximum atomic E-state index is 12.5. The number of aryl methyl sites for hydroxylation is 1. The molecule has 0 saturated heterocycles. The minimum absolute atomic E-state index is 0.309. The molecule has 1 heterocycles. The fourth-order valence-corrected chi connectivity index (χ4v) is 2.92. The number of hydrogen-bond acceptors (Lipinski definition) is 5. The third kappa shape index (κ3) is 4.34. The van der Waals surface area contributed by atoms with E-state index < -0.39 is 11.7 Å². The molecule has 28 heavy (non-hydrogen) atoms. The summed E-state index contributed by atoms with van der Waals surface area (Å²) in [5.41, 5.74) is 1.54. The van der Waals surface area contributed by atoms with Gasteiger partial charge in [-0.15, -0.1) is 0 Å². The summed E-state index contributed by atoms with van der Waals surface area (Å²) in [6.45, 7) is 6.01. The van der Waals surface area contributed by atoms with Gasteiger partial charge in [-0.25, -0.2) is 4.79 Å². The van der Waals surface area contributed by atoms with E-state index in [1.807, 2.05) is 32.0 Å². The zero-order chi connectivity index (χ0) is 20.1. The Balaban J connectivity index is 1.76. The molecule has 0 bridgehead atoms. The SMILES string of the molecule is CCOc1ccccc1NC(=O)C(C)Oc1ccc2c(CC)cc(=O)oc2c1. The van der Waals surface area contributed by atoms with Crippen molar-refractivity contribution < 1.29 is 18.7 Å². The predicted octanol–water partition coefficient (Wildman–Crippen LogP) is 4.16. The lowest BCUT2D eigenvalue weighted by molar-refractivity contribution is -0.122. The van der Waals surface area contributed by atoms with E-state index in [0.717, 1.165) is 17.4 Å². The van der Waals surface area contributed by atoms with E-state index in [0.29, 0.717) is 29.4 Å². The van der Waals surface area contributed by atoms with Gasteiger partial charge in [0.25, 0.3) is 5.91 Å². The lowest BCUT2D eigenvalue weighted by Crippen LogP contribution is -2.30. The lowest BCUT2D eigenvalue weighted by Gasteiger charge is -2.16. The van der Waals surface area contributed by atoms with Crippen molar-refractivity contribution in [3.05, 3.63) is 64.5 Å². The Bertz CT molecular complexity index is 1040. The molecule has 6 nitrogen and oxygen atoms in total. The zero-order valence-electron chi connectivity index (χ0n) is 16.2. The highest BCUT2D eigenvalue weighted by atomic mass is 16.5. The molecule has 0 saturated carbocycles. The monoisotopic (exact) mass is 381 g/mol. The molecule has 3 rings (SSSR count). The Morgan fingerprint density at radius 1 is 1.14 bits per heavy atom. The van der Waals surface area contributed by atoms with E-state index in [1.165, 1.54) is 6.07 Å². The van der Waals surface area contributed by atoms with Crippen LogP contribution in [0.4, 0.5) is 5.69 Å². The van der Waals surface area contributed by atoms with Crippen molar-refractivity contribution in [2.24, 2.45) is 0 Å². The van der Waals surface area contributed by atoms with Crippen molar-refractivity contribution in [2.75, 3.05) is 11.9 Å². The zero-order valence-corrected chi connectivity index (χ0v) is 16.2. The highest BCUT2D eigenvalue weighted by Gasteiger charge is 2.17. The summed E-state index contributed by atoms with van der Waals surface area (Å²) in [5.74, 6) is 0.741. The van der Waals surface area contributed by atoms with Crippen LogP contribution in [0.5, 0.6) is 11.5 Å². The summed E-state index contributed by atoms with van der Waals surface area (Å²) >= 11 is 0. The first-order valence-corrected chi connectivity index (χ1v) is 9.28. The molecule has 2 aromatic carbocycles. The van der Waals surface area contributed by atoms with Gasteiger partial charge in [-0.05, 0) is 50.1 Å². The normalized spacial score (nSPS) is 11.8. The summed E-state index contributed by atoms with van der Waals surface area (Å²) in [5, 5.41) is 3.68. The van der Waals surface area contributed by atoms with Gasteiger partial charge in [0, 0.05) is 17.5 Å². The number of ether oxygens (including phenoxy) is 2. The maximum absolute atomic E-state index is 12.5. The number of carbonyl (C=O) groups excluding carboxylic acids is 1. The van der Waals surface area contributed by atoms with E-state index >= 15 is 0 Å². The average molecular weight is 381 g/mol. The Kier molecular flexibility index (Phi) is 5.99. The minimum atomic E-state index is -0.756. The second-order valence-electron chi connectivity index (χ2n) is 6.28. The van der Waals surface area contributed by atoms with Gasteiger partial charge in [0.15, 0.2) is 6.10 Å². The van der Waals surface area contributed by atoms with Crippen molar-refractivity contribution in [1.29, 1.82) is 0 Å². The predicted molar refractivity (Wildman–Crippen MR) is 108 cm³/mol. The van der Waals surface area contributed by atoms with Crippen LogP contribution in [-0.4, -0.2) is 18.6 Å². The molecule has 0 radical (unpaired) electrons. The van der Waals surface area contributed by atoms with E-state index in [4.69, 9.17) is 13.9 Å². The van der Waals surface area contributed by atoms with Crippen LogP contribution in [0, 0.1) is 0 Å². The van der Waals surface area contributed by atoms with Crippen LogP contribution in [0.15, 0.2) is 57.7 Å². The highest BCUT2D eigenvalue weighted by Crippen LogP contribution is 2.26. The van der Waals surface area contributed by atoms with Crippen molar-refractivity contribution in [1.82, 2.24) is 0 Å². The molecule has 1 N–H and O–H groups in total. The van der Waals surface area contributed by atoms with Crippen molar-refractivity contribution in [3.8, 4) is 11.5 Å². The van der Waals surface area contributed by atoms with Crippen molar-refractivity contribution >= 4 is 22.6 Å². The number of amides is 1. The number of benzene rings is 2. The molecule has 0 spiro atoms. The Labute approximate surface area is 163 Å².